The van der Waals surface area contributed by atoms with Crippen LogP contribution in [0.15, 0.2) is 215 Å². The summed E-state index contributed by atoms with van der Waals surface area (Å²) < 4.78 is 32.0. The number of carbonyl (C=O) groups is 4. The van der Waals surface area contributed by atoms with E-state index in [1.807, 2.05) is 73.7 Å². The Balaban J connectivity index is 0.00000711. The van der Waals surface area contributed by atoms with Crippen LogP contribution >= 0.6 is 35.1 Å². The molecule has 0 saturated carbocycles. The molecule has 2 aliphatic rings. The van der Waals surface area contributed by atoms with Crippen LogP contribution in [0.25, 0.3) is 0 Å². The average Bonchev–Trinajstić information content (AvgIpc) is 3.41. The Labute approximate surface area is 440 Å². The highest BCUT2D eigenvalue weighted by Crippen LogP contribution is 2.37. The third kappa shape index (κ3) is 13.2. The number of amidine groups is 3. The van der Waals surface area contributed by atoms with E-state index >= 15 is 0 Å². The fourth-order valence-electron chi connectivity index (χ4n) is 7.58. The summed E-state index contributed by atoms with van der Waals surface area (Å²) in [6, 6.07) is 57.2. The number of halogens is 2. The summed E-state index contributed by atoms with van der Waals surface area (Å²) in [4.78, 5) is 72.4. The minimum atomic E-state index is -1.61. The lowest BCUT2D eigenvalue weighted by atomic mass is 9.98. The lowest BCUT2D eigenvalue weighted by Crippen LogP contribution is -3.12. The molecule has 7 aromatic rings. The second kappa shape index (κ2) is 24.8. The van der Waals surface area contributed by atoms with Crippen LogP contribution in [0, 0.1) is 6.92 Å². The van der Waals surface area contributed by atoms with Gasteiger partial charge in [0.1, 0.15) is 17.7 Å². The van der Waals surface area contributed by atoms with Gasteiger partial charge in [-0.2, -0.15) is 14.9 Å². The molecule has 0 aromatic heterocycles. The highest BCUT2D eigenvalue weighted by atomic mass is 35.5. The monoisotopic (exact) mass is 1050 g/mol. The van der Waals surface area contributed by atoms with E-state index in [9.17, 15) is 19.2 Å². The van der Waals surface area contributed by atoms with E-state index in [4.69, 9.17) is 50.3 Å². The normalized spacial score (nSPS) is 20.4. The van der Waals surface area contributed by atoms with Crippen molar-refractivity contribution in [1.29, 1.82) is 0 Å². The van der Waals surface area contributed by atoms with Gasteiger partial charge in [-0.15, -0.1) is 0 Å². The summed E-state index contributed by atoms with van der Waals surface area (Å²) in [5.41, 5.74) is 2.24. The highest BCUT2D eigenvalue weighted by Gasteiger charge is 2.55. The summed E-state index contributed by atoms with van der Waals surface area (Å²) in [5, 5.41) is 1.43. The number of ether oxygens (including phenoxy) is 5. The molecule has 13 nitrogen and oxygen atoms in total. The average molecular weight is 1050 g/mol. The number of thioether (sulfide) groups is 2. The summed E-state index contributed by atoms with van der Waals surface area (Å²) >= 11 is 9.29. The van der Waals surface area contributed by atoms with Gasteiger partial charge in [0.05, 0.1) is 33.6 Å². The largest absolute Gasteiger partial charge is 1.00 e. The van der Waals surface area contributed by atoms with Crippen LogP contribution in [0.5, 0.6) is 0 Å². The Morgan fingerprint density at radius 3 is 1.56 bits per heavy atom. The first-order valence-corrected chi connectivity index (χ1v) is 24.7. The molecule has 1 fully saturated rings. The molecular formula is C56H44Cl2N4O9S2. The first-order valence-electron chi connectivity index (χ1n) is 22.7. The second-order valence-corrected chi connectivity index (χ2v) is 18.6. The number of rotatable bonds is 13. The van der Waals surface area contributed by atoms with Gasteiger partial charge in [-0.1, -0.05) is 132 Å². The lowest BCUT2D eigenvalue weighted by Gasteiger charge is -2.44. The van der Waals surface area contributed by atoms with E-state index < -0.39 is 60.3 Å². The molecule has 2 aliphatic heterocycles. The van der Waals surface area contributed by atoms with Gasteiger partial charge in [0, 0.05) is 17.8 Å². The predicted molar refractivity (Wildman–Crippen MR) is 279 cm³/mol. The van der Waals surface area contributed by atoms with Crippen molar-refractivity contribution in [3.63, 3.8) is 0 Å². The fraction of sp³-hybridized carbons (Fsp3) is 0.125. The van der Waals surface area contributed by atoms with Crippen LogP contribution in [0.2, 0.25) is 5.02 Å². The van der Waals surface area contributed by atoms with Crippen molar-refractivity contribution in [2.24, 2.45) is 15.0 Å². The van der Waals surface area contributed by atoms with Gasteiger partial charge in [0.15, 0.2) is 29.4 Å². The van der Waals surface area contributed by atoms with Crippen molar-refractivity contribution >= 4 is 91.6 Å². The zero-order chi connectivity index (χ0) is 49.8. The standard InChI is InChI=1S/C56H43ClN4O9S2.ClH/c1-36-31-33-42(34-32-36)58-54-60-56(61(44-30-18-17-29-43(44)57)55(72-54)59-41-27-15-6-16-28-41)71-53-48(70-52(65)40-25-13-5-14-26-40)47(69-51(64)39-23-11-4-12-24-39)46(68-50(63)38-21-9-3-10-22-38)45(67-53)35-66-49(62)37-19-7-2-8-20-37;/h2-34,45-48,53H,35H2,1H3;1H/t45-,46-,47+,48-,53?;/m1./s1. The molecule has 0 bridgehead atoms. The van der Waals surface area contributed by atoms with Gasteiger partial charge in [-0.3, -0.25) is 0 Å². The molecule has 17 heteroatoms. The van der Waals surface area contributed by atoms with E-state index in [1.165, 1.54) is 11.8 Å². The Morgan fingerprint density at radius 2 is 1.03 bits per heavy atom. The first-order chi connectivity index (χ1) is 35.2. The van der Waals surface area contributed by atoms with E-state index in [-0.39, 0.29) is 39.8 Å². The first kappa shape index (κ1) is 52.0. The topological polar surface area (TPSA) is 156 Å². The molecular weight excluding hydrogens is 1010 g/mol. The molecule has 73 heavy (non-hydrogen) atoms. The van der Waals surface area contributed by atoms with Crippen LogP contribution in [0.3, 0.4) is 0 Å². The number of hydrogen-bond acceptors (Lipinski definition) is 13. The number of quaternary nitrogens is 1. The molecule has 6 atom stereocenters. The molecule has 2 unspecified atom stereocenters. The van der Waals surface area contributed by atoms with Crippen molar-refractivity contribution in [2.45, 2.75) is 36.8 Å². The maximum atomic E-state index is 14.4. The molecule has 0 aliphatic carbocycles. The zero-order valence-corrected chi connectivity index (χ0v) is 41.9. The molecule has 1 N–H and O–H groups in total. The summed E-state index contributed by atoms with van der Waals surface area (Å²) in [6.07, 6.45) is -6.07. The summed E-state index contributed by atoms with van der Waals surface area (Å²) in [7, 11) is 0. The van der Waals surface area contributed by atoms with Crippen molar-refractivity contribution in [3.8, 4) is 0 Å². The summed E-state index contributed by atoms with van der Waals surface area (Å²) in [6.45, 7) is 1.47. The van der Waals surface area contributed by atoms with Gasteiger partial charge in [0.25, 0.3) is 10.3 Å². The number of benzene rings is 7. The van der Waals surface area contributed by atoms with Crippen LogP contribution in [0.1, 0.15) is 47.0 Å². The molecule has 9 rings (SSSR count). The Kier molecular flexibility index (Phi) is 17.7. The number of esters is 4. The Hall–Kier alpha value is -7.37. The number of nitrogens with one attached hydrogen (secondary N) is 1. The van der Waals surface area contributed by atoms with Crippen LogP contribution in [-0.2, 0) is 23.7 Å². The Bertz CT molecular complexity index is 3120. The predicted octanol–water partition coefficient (Wildman–Crippen LogP) is 7.64. The number of aliphatic imine (C=N–C) groups is 3. The molecule has 0 spiro atoms. The minimum absolute atomic E-state index is 0. The van der Waals surface area contributed by atoms with Crippen molar-refractivity contribution in [2.75, 3.05) is 6.61 Å². The van der Waals surface area contributed by atoms with E-state index in [2.05, 4.69) is 0 Å². The molecule has 0 amide bonds. The number of para-hydroxylation sites is 2. The van der Waals surface area contributed by atoms with E-state index in [0.717, 1.165) is 17.3 Å². The van der Waals surface area contributed by atoms with Gasteiger partial charge in [0.2, 0.25) is 5.17 Å². The third-order valence-electron chi connectivity index (χ3n) is 11.2. The van der Waals surface area contributed by atoms with Gasteiger partial charge in [-0.05, 0) is 97.5 Å². The third-order valence-corrected chi connectivity index (χ3v) is 13.5. The Morgan fingerprint density at radius 1 is 0.575 bits per heavy atom. The fourth-order valence-corrected chi connectivity index (χ4v) is 10.1. The van der Waals surface area contributed by atoms with Crippen molar-refractivity contribution in [3.05, 3.63) is 233 Å². The molecule has 0 radical (unpaired) electrons. The zero-order valence-electron chi connectivity index (χ0n) is 38.7. The van der Waals surface area contributed by atoms with Crippen molar-refractivity contribution < 1.29 is 60.2 Å². The highest BCUT2D eigenvalue weighted by molar-refractivity contribution is 8.26. The van der Waals surface area contributed by atoms with Gasteiger partial charge < -0.3 is 36.1 Å². The molecule has 368 valence electrons. The second-order valence-electron chi connectivity index (χ2n) is 16.2. The number of carbonyl (C=O) groups excluding carboxylic acids is 4. The molecule has 1 saturated heterocycles. The molecule has 2 heterocycles. The van der Waals surface area contributed by atoms with Crippen molar-refractivity contribution in [1.82, 2.24) is 0 Å². The number of aryl methyl sites for hydroxylation is 1. The quantitative estimate of drug-likeness (QED) is 0.0895. The molecule has 7 aromatic carbocycles. The number of hydrogen-bond donors (Lipinski definition) is 1. The van der Waals surface area contributed by atoms with E-state index in [1.54, 1.807) is 133 Å². The lowest BCUT2D eigenvalue weighted by molar-refractivity contribution is -0.608. The smallest absolute Gasteiger partial charge is 0.338 e. The minimum Gasteiger partial charge on any atom is -1.00 e. The maximum Gasteiger partial charge on any atom is 0.338 e. The maximum absolute atomic E-state index is 14.4. The van der Waals surface area contributed by atoms with Crippen LogP contribution in [-0.4, -0.2) is 75.8 Å². The van der Waals surface area contributed by atoms with E-state index in [0.29, 0.717) is 37.3 Å². The SMILES string of the molecule is Cc1ccc(N=C2N=C(SC3O[C@H](COC(=O)c4ccccc4)[C@@H](OC(=O)c4ccccc4)[C@H](OC(=O)c4ccccc4)[C@H]3OC(=O)c3ccccc3)[NH+](c3ccccc3Cl)C(=Nc3ccccc3)S2)cc1.[Cl-]. The van der Waals surface area contributed by atoms with Gasteiger partial charge in [-0.25, -0.2) is 24.2 Å². The van der Waals surface area contributed by atoms with Crippen LogP contribution < -0.4 is 17.3 Å². The van der Waals surface area contributed by atoms with Crippen LogP contribution in [0.4, 0.5) is 17.1 Å². The van der Waals surface area contributed by atoms with Gasteiger partial charge >= 0.3 is 23.9 Å². The summed E-state index contributed by atoms with van der Waals surface area (Å²) in [5.74, 6) is -3.14. The number of nitrogens with zero attached hydrogens (tertiary/aromatic N) is 3.